The van der Waals surface area contributed by atoms with Crippen LogP contribution in [0.5, 0.6) is 0 Å². The third kappa shape index (κ3) is 3.53. The predicted molar refractivity (Wildman–Crippen MR) is 65.9 cm³/mol. The molecule has 1 atom stereocenters. The highest BCUT2D eigenvalue weighted by Gasteiger charge is 2.41. The first kappa shape index (κ1) is 14.9. The molecule has 1 aromatic rings. The molecule has 20 heavy (non-hydrogen) atoms. The van der Waals surface area contributed by atoms with Crippen LogP contribution in [0, 0.1) is 5.92 Å². The van der Waals surface area contributed by atoms with Crippen LogP contribution in [0.3, 0.4) is 0 Å². The number of amides is 1. The minimum atomic E-state index is -4.43. The largest absolute Gasteiger partial charge is 0.455 e. The molecule has 1 aliphatic rings. The average Bonchev–Trinajstić information content (AvgIpc) is 3.11. The average molecular weight is 290 g/mol. The van der Waals surface area contributed by atoms with E-state index < -0.39 is 24.7 Å². The molecule has 1 amide bonds. The van der Waals surface area contributed by atoms with Gasteiger partial charge in [-0.15, -0.1) is 0 Å². The molecule has 0 spiro atoms. The fraction of sp³-hybridized carbons (Fsp3) is 0.615. The number of hydrogen-bond donors (Lipinski definition) is 1. The molecule has 0 bridgehead atoms. The van der Waals surface area contributed by atoms with E-state index in [1.54, 1.807) is 6.92 Å². The minimum absolute atomic E-state index is 0.0952. The van der Waals surface area contributed by atoms with Gasteiger partial charge in [-0.3, -0.25) is 4.79 Å². The number of carbonyl (C=O) groups is 1. The maximum Gasteiger partial charge on any atom is 0.406 e. The Kier molecular flexibility index (Phi) is 4.08. The third-order valence-corrected chi connectivity index (χ3v) is 3.48. The monoisotopic (exact) mass is 290 g/mol. The van der Waals surface area contributed by atoms with E-state index in [9.17, 15) is 18.0 Å². The lowest BCUT2D eigenvalue weighted by molar-refractivity contribution is -0.145. The molecule has 0 aromatic carbocycles. The van der Waals surface area contributed by atoms with Gasteiger partial charge in [0.2, 0.25) is 0 Å². The lowest BCUT2D eigenvalue weighted by Crippen LogP contribution is -2.45. The molecule has 2 rings (SSSR count). The van der Waals surface area contributed by atoms with Gasteiger partial charge in [0.25, 0.3) is 5.91 Å². The van der Waals surface area contributed by atoms with Crippen LogP contribution in [0.1, 0.15) is 36.1 Å². The lowest BCUT2D eigenvalue weighted by Gasteiger charge is -2.29. The topological polar surface area (TPSA) is 59.5 Å². The molecule has 0 saturated heterocycles. The van der Waals surface area contributed by atoms with Crippen molar-refractivity contribution in [2.75, 3.05) is 6.54 Å². The summed E-state index contributed by atoms with van der Waals surface area (Å²) in [5.41, 5.74) is 5.36. The Labute approximate surface area is 114 Å². The number of furan rings is 1. The van der Waals surface area contributed by atoms with Gasteiger partial charge in [-0.2, -0.15) is 13.2 Å². The van der Waals surface area contributed by atoms with E-state index >= 15 is 0 Å². The Morgan fingerprint density at radius 3 is 2.60 bits per heavy atom. The Hall–Kier alpha value is -1.50. The van der Waals surface area contributed by atoms with Crippen molar-refractivity contribution in [1.29, 1.82) is 0 Å². The third-order valence-electron chi connectivity index (χ3n) is 3.48. The second kappa shape index (κ2) is 5.47. The van der Waals surface area contributed by atoms with Crippen molar-refractivity contribution in [2.24, 2.45) is 11.7 Å². The van der Waals surface area contributed by atoms with Crippen LogP contribution in [0.15, 0.2) is 16.5 Å². The molecule has 1 aromatic heterocycles. The molecular weight excluding hydrogens is 273 g/mol. The summed E-state index contributed by atoms with van der Waals surface area (Å²) in [7, 11) is 0. The van der Waals surface area contributed by atoms with E-state index in [4.69, 9.17) is 10.2 Å². The van der Waals surface area contributed by atoms with E-state index in [2.05, 4.69) is 0 Å². The van der Waals surface area contributed by atoms with E-state index in [0.29, 0.717) is 5.76 Å². The highest BCUT2D eigenvalue weighted by atomic mass is 19.4. The summed E-state index contributed by atoms with van der Waals surface area (Å²) in [4.78, 5) is 13.1. The van der Waals surface area contributed by atoms with Crippen molar-refractivity contribution in [3.63, 3.8) is 0 Å². The predicted octanol–water partition coefficient (Wildman–Crippen LogP) is 2.54. The second-order valence-corrected chi connectivity index (χ2v) is 5.10. The molecule has 1 unspecified atom stereocenters. The van der Waals surface area contributed by atoms with Crippen molar-refractivity contribution in [3.05, 3.63) is 23.7 Å². The van der Waals surface area contributed by atoms with Gasteiger partial charge in [-0.05, 0) is 37.8 Å². The SMILES string of the molecule is CC(C1CC1)N(CC(F)(F)F)C(=O)c1ccc(CN)o1. The molecule has 1 fully saturated rings. The summed E-state index contributed by atoms with van der Waals surface area (Å²) in [5, 5.41) is 0. The molecule has 1 aliphatic carbocycles. The van der Waals surface area contributed by atoms with Crippen molar-refractivity contribution in [1.82, 2.24) is 4.90 Å². The molecule has 2 N–H and O–H groups in total. The van der Waals surface area contributed by atoms with Crippen molar-refractivity contribution in [3.8, 4) is 0 Å². The van der Waals surface area contributed by atoms with Crippen LogP contribution < -0.4 is 5.73 Å². The first-order chi connectivity index (χ1) is 9.31. The van der Waals surface area contributed by atoms with Gasteiger partial charge in [0.05, 0.1) is 6.54 Å². The van der Waals surface area contributed by atoms with Crippen molar-refractivity contribution in [2.45, 2.75) is 38.5 Å². The Morgan fingerprint density at radius 1 is 1.50 bits per heavy atom. The summed E-state index contributed by atoms with van der Waals surface area (Å²) in [6.45, 7) is 0.487. The Balaban J connectivity index is 2.18. The fourth-order valence-corrected chi connectivity index (χ4v) is 2.17. The maximum atomic E-state index is 12.7. The van der Waals surface area contributed by atoms with E-state index in [0.717, 1.165) is 17.7 Å². The maximum absolute atomic E-state index is 12.7. The normalized spacial score (nSPS) is 17.1. The fourth-order valence-electron chi connectivity index (χ4n) is 2.17. The first-order valence-electron chi connectivity index (χ1n) is 6.48. The van der Waals surface area contributed by atoms with Crippen LogP contribution in [0.25, 0.3) is 0 Å². The van der Waals surface area contributed by atoms with Crippen LogP contribution in [0.4, 0.5) is 13.2 Å². The van der Waals surface area contributed by atoms with E-state index in [1.807, 2.05) is 0 Å². The van der Waals surface area contributed by atoms with Crippen LogP contribution in [-0.4, -0.2) is 29.6 Å². The molecule has 7 heteroatoms. The van der Waals surface area contributed by atoms with Gasteiger partial charge in [0.1, 0.15) is 12.3 Å². The van der Waals surface area contributed by atoms with E-state index in [1.165, 1.54) is 12.1 Å². The van der Waals surface area contributed by atoms with E-state index in [-0.39, 0.29) is 18.2 Å². The standard InChI is InChI=1S/C13H17F3N2O2/c1-8(9-2-3-9)18(7-13(14,15)16)12(19)11-5-4-10(6-17)20-11/h4-5,8-9H,2-3,6-7,17H2,1H3. The highest BCUT2D eigenvalue weighted by Crippen LogP contribution is 2.36. The number of hydrogen-bond acceptors (Lipinski definition) is 3. The smallest absolute Gasteiger partial charge is 0.406 e. The number of nitrogens with zero attached hydrogens (tertiary/aromatic N) is 1. The van der Waals surface area contributed by atoms with Crippen LogP contribution in [0.2, 0.25) is 0 Å². The quantitative estimate of drug-likeness (QED) is 0.906. The van der Waals surface area contributed by atoms with Gasteiger partial charge in [0.15, 0.2) is 5.76 Å². The van der Waals surface area contributed by atoms with Crippen LogP contribution in [-0.2, 0) is 6.54 Å². The summed E-state index contributed by atoms with van der Waals surface area (Å²) < 4.78 is 43.1. The molecule has 1 saturated carbocycles. The number of carbonyl (C=O) groups excluding carboxylic acids is 1. The minimum Gasteiger partial charge on any atom is -0.455 e. The second-order valence-electron chi connectivity index (χ2n) is 5.10. The zero-order valence-electron chi connectivity index (χ0n) is 11.1. The highest BCUT2D eigenvalue weighted by molar-refractivity contribution is 5.91. The van der Waals surface area contributed by atoms with Crippen LogP contribution >= 0.6 is 0 Å². The molecule has 1 heterocycles. The lowest BCUT2D eigenvalue weighted by atomic mass is 10.1. The number of nitrogens with two attached hydrogens (primary N) is 1. The Bertz CT molecular complexity index is 480. The summed E-state index contributed by atoms with van der Waals surface area (Å²) in [6, 6.07) is 2.42. The number of halogens is 3. The van der Waals surface area contributed by atoms with Gasteiger partial charge < -0.3 is 15.1 Å². The van der Waals surface area contributed by atoms with Gasteiger partial charge >= 0.3 is 6.18 Å². The first-order valence-corrected chi connectivity index (χ1v) is 6.48. The molecule has 112 valence electrons. The molecule has 0 radical (unpaired) electrons. The van der Waals surface area contributed by atoms with Crippen molar-refractivity contribution >= 4 is 5.91 Å². The zero-order chi connectivity index (χ0) is 14.9. The van der Waals surface area contributed by atoms with Gasteiger partial charge in [0, 0.05) is 6.04 Å². The Morgan fingerprint density at radius 2 is 2.15 bits per heavy atom. The summed E-state index contributed by atoms with van der Waals surface area (Å²) in [6.07, 6.45) is -2.72. The van der Waals surface area contributed by atoms with Crippen molar-refractivity contribution < 1.29 is 22.4 Å². The number of rotatable bonds is 5. The zero-order valence-corrected chi connectivity index (χ0v) is 11.1. The number of alkyl halides is 3. The summed E-state index contributed by atoms with van der Waals surface area (Å²) in [5.74, 6) is -0.312. The molecule has 0 aliphatic heterocycles. The van der Waals surface area contributed by atoms with Gasteiger partial charge in [-0.1, -0.05) is 0 Å². The molecular formula is C13H17F3N2O2. The van der Waals surface area contributed by atoms with Gasteiger partial charge in [-0.25, -0.2) is 0 Å². The molecule has 4 nitrogen and oxygen atoms in total. The summed E-state index contributed by atoms with van der Waals surface area (Å²) >= 11 is 0.